The molecule has 1 amide bonds. The number of benzene rings is 2. The van der Waals surface area contributed by atoms with Gasteiger partial charge < -0.3 is 15.0 Å². The summed E-state index contributed by atoms with van der Waals surface area (Å²) < 4.78 is 5.09. The van der Waals surface area contributed by atoms with Gasteiger partial charge in [0.2, 0.25) is 0 Å². The van der Waals surface area contributed by atoms with E-state index in [0.717, 1.165) is 18.8 Å². The maximum absolute atomic E-state index is 12.4. The van der Waals surface area contributed by atoms with E-state index in [1.165, 1.54) is 38.5 Å². The Bertz CT molecular complexity index is 910. The molecule has 29 heavy (non-hydrogen) atoms. The maximum atomic E-state index is 12.4. The second kappa shape index (κ2) is 9.85. The van der Waals surface area contributed by atoms with Gasteiger partial charge in [0.05, 0.1) is 27.9 Å². The molecule has 0 saturated carbocycles. The lowest BCUT2D eigenvalue weighted by molar-refractivity contribution is 0.0977. The topological polar surface area (TPSA) is 53.6 Å². The summed E-state index contributed by atoms with van der Waals surface area (Å²) in [6.07, 6.45) is 3.60. The van der Waals surface area contributed by atoms with Crippen molar-refractivity contribution in [2.45, 2.75) is 19.3 Å². The molecule has 0 aromatic heterocycles. The zero-order valence-electron chi connectivity index (χ0n) is 15.7. The third kappa shape index (κ3) is 5.45. The van der Waals surface area contributed by atoms with Gasteiger partial charge in [-0.3, -0.25) is 10.1 Å². The van der Waals surface area contributed by atoms with E-state index in [9.17, 15) is 4.79 Å². The highest BCUT2D eigenvalue weighted by Crippen LogP contribution is 2.34. The minimum atomic E-state index is -0.440. The fourth-order valence-electron chi connectivity index (χ4n) is 3.20. The van der Waals surface area contributed by atoms with Gasteiger partial charge >= 0.3 is 0 Å². The van der Waals surface area contributed by atoms with Gasteiger partial charge in [-0.25, -0.2) is 0 Å². The third-order valence-electron chi connectivity index (χ3n) is 4.59. The van der Waals surface area contributed by atoms with Crippen molar-refractivity contribution in [3.05, 3.63) is 51.0 Å². The van der Waals surface area contributed by atoms with E-state index in [4.69, 9.17) is 51.8 Å². The lowest BCUT2D eigenvalue weighted by Crippen LogP contribution is -2.34. The molecule has 0 radical (unpaired) electrons. The van der Waals surface area contributed by atoms with Crippen LogP contribution >= 0.6 is 47.0 Å². The standard InChI is InChI=1S/C20H20Cl3N3O2S/c1-28-18-15(22)9-12(10-16(18)23)19(27)25-20(29)24-13-5-6-17(14(21)11-13)26-7-3-2-4-8-26/h5-6,9-11H,2-4,7-8H2,1H3,(H2,24,25,27,29). The molecule has 3 rings (SSSR count). The Balaban J connectivity index is 1.64. The number of piperidine rings is 1. The summed E-state index contributed by atoms with van der Waals surface area (Å²) in [5, 5.41) is 6.83. The Kier molecular flexibility index (Phi) is 7.46. The maximum Gasteiger partial charge on any atom is 0.257 e. The summed E-state index contributed by atoms with van der Waals surface area (Å²) >= 11 is 23.9. The number of thiocarbonyl (C=S) groups is 1. The van der Waals surface area contributed by atoms with Crippen molar-refractivity contribution in [2.24, 2.45) is 0 Å². The SMILES string of the molecule is COc1c(Cl)cc(C(=O)NC(=S)Nc2ccc(N3CCCCC3)c(Cl)c2)cc1Cl. The first-order valence-electron chi connectivity index (χ1n) is 9.09. The van der Waals surface area contributed by atoms with Crippen molar-refractivity contribution < 1.29 is 9.53 Å². The van der Waals surface area contributed by atoms with Crippen molar-refractivity contribution in [2.75, 3.05) is 30.4 Å². The number of amides is 1. The molecular weight excluding hydrogens is 453 g/mol. The molecule has 2 aromatic rings. The highest BCUT2D eigenvalue weighted by atomic mass is 35.5. The van der Waals surface area contributed by atoms with Gasteiger partial charge in [-0.2, -0.15) is 0 Å². The minimum absolute atomic E-state index is 0.139. The van der Waals surface area contributed by atoms with Crippen LogP contribution in [0.25, 0.3) is 0 Å². The minimum Gasteiger partial charge on any atom is -0.494 e. The zero-order valence-corrected chi connectivity index (χ0v) is 18.8. The van der Waals surface area contributed by atoms with Gasteiger partial charge in [0.1, 0.15) is 0 Å². The molecule has 1 saturated heterocycles. The molecule has 9 heteroatoms. The van der Waals surface area contributed by atoms with Crippen LogP contribution in [0.4, 0.5) is 11.4 Å². The number of anilines is 2. The monoisotopic (exact) mass is 471 g/mol. The molecular formula is C20H20Cl3N3O2S. The summed E-state index contributed by atoms with van der Waals surface area (Å²) in [7, 11) is 1.45. The van der Waals surface area contributed by atoms with E-state index in [1.54, 1.807) is 6.07 Å². The summed E-state index contributed by atoms with van der Waals surface area (Å²) in [4.78, 5) is 14.7. The molecule has 1 aliphatic rings. The number of carbonyl (C=O) groups is 1. The van der Waals surface area contributed by atoms with Crippen LogP contribution in [-0.2, 0) is 0 Å². The Morgan fingerprint density at radius 1 is 1.03 bits per heavy atom. The number of hydrogen-bond acceptors (Lipinski definition) is 4. The van der Waals surface area contributed by atoms with E-state index in [2.05, 4.69) is 15.5 Å². The Morgan fingerprint density at radius 2 is 1.69 bits per heavy atom. The lowest BCUT2D eigenvalue weighted by atomic mass is 10.1. The normalized spacial score (nSPS) is 13.7. The van der Waals surface area contributed by atoms with Crippen LogP contribution in [0.5, 0.6) is 5.75 Å². The second-order valence-electron chi connectivity index (χ2n) is 6.60. The van der Waals surface area contributed by atoms with Crippen LogP contribution in [0.1, 0.15) is 29.6 Å². The van der Waals surface area contributed by atoms with Crippen LogP contribution in [0.3, 0.4) is 0 Å². The fraction of sp³-hybridized carbons (Fsp3) is 0.300. The van der Waals surface area contributed by atoms with E-state index in [-0.39, 0.29) is 20.7 Å². The van der Waals surface area contributed by atoms with Gasteiger partial charge in [-0.05, 0) is 61.8 Å². The molecule has 1 aliphatic heterocycles. The van der Waals surface area contributed by atoms with Crippen LogP contribution < -0.4 is 20.3 Å². The van der Waals surface area contributed by atoms with E-state index in [0.29, 0.717) is 16.5 Å². The van der Waals surface area contributed by atoms with Crippen molar-refractivity contribution in [3.8, 4) is 5.75 Å². The first kappa shape index (κ1) is 22.0. The number of carbonyl (C=O) groups excluding carboxylic acids is 1. The van der Waals surface area contributed by atoms with Crippen LogP contribution in [-0.4, -0.2) is 31.2 Å². The molecule has 2 aromatic carbocycles. The highest BCUT2D eigenvalue weighted by molar-refractivity contribution is 7.80. The molecule has 0 unspecified atom stereocenters. The summed E-state index contributed by atoms with van der Waals surface area (Å²) in [5.74, 6) is -0.126. The number of rotatable bonds is 4. The van der Waals surface area contributed by atoms with Crippen LogP contribution in [0.15, 0.2) is 30.3 Å². The predicted molar refractivity (Wildman–Crippen MR) is 124 cm³/mol. The van der Waals surface area contributed by atoms with E-state index >= 15 is 0 Å². The smallest absolute Gasteiger partial charge is 0.257 e. The summed E-state index contributed by atoms with van der Waals surface area (Å²) in [6, 6.07) is 8.58. The largest absolute Gasteiger partial charge is 0.494 e. The lowest BCUT2D eigenvalue weighted by Gasteiger charge is -2.29. The van der Waals surface area contributed by atoms with Crippen LogP contribution in [0.2, 0.25) is 15.1 Å². The Hall–Kier alpha value is -1.73. The number of nitrogens with zero attached hydrogens (tertiary/aromatic N) is 1. The Labute approximate surface area is 190 Å². The fourth-order valence-corrected chi connectivity index (χ4v) is 4.35. The quantitative estimate of drug-likeness (QED) is 0.553. The van der Waals surface area contributed by atoms with Crippen LogP contribution in [0, 0.1) is 0 Å². The first-order valence-corrected chi connectivity index (χ1v) is 10.6. The predicted octanol–water partition coefficient (Wildman–Crippen LogP) is 5.77. The van der Waals surface area contributed by atoms with Crippen molar-refractivity contribution >= 4 is 69.4 Å². The van der Waals surface area contributed by atoms with Gasteiger partial charge in [-0.15, -0.1) is 0 Å². The molecule has 0 aliphatic carbocycles. The third-order valence-corrected chi connectivity index (χ3v) is 5.66. The molecule has 1 heterocycles. The van der Waals surface area contributed by atoms with Crippen molar-refractivity contribution in [1.82, 2.24) is 5.32 Å². The zero-order chi connectivity index (χ0) is 21.0. The number of nitrogens with one attached hydrogen (secondary N) is 2. The first-order chi connectivity index (χ1) is 13.9. The van der Waals surface area contributed by atoms with Gasteiger partial charge in [0.25, 0.3) is 5.91 Å². The molecule has 1 fully saturated rings. The summed E-state index contributed by atoms with van der Waals surface area (Å²) in [6.45, 7) is 2.02. The van der Waals surface area contributed by atoms with Gasteiger partial charge in [-0.1, -0.05) is 34.8 Å². The average molecular weight is 473 g/mol. The number of hydrogen-bond donors (Lipinski definition) is 2. The molecule has 154 valence electrons. The molecule has 0 spiro atoms. The molecule has 0 bridgehead atoms. The second-order valence-corrected chi connectivity index (χ2v) is 8.23. The molecule has 0 atom stereocenters. The molecule has 5 nitrogen and oxygen atoms in total. The Morgan fingerprint density at radius 3 is 2.28 bits per heavy atom. The average Bonchev–Trinajstić information content (AvgIpc) is 2.68. The van der Waals surface area contributed by atoms with Gasteiger partial charge in [0, 0.05) is 24.3 Å². The number of halogens is 3. The molecule has 2 N–H and O–H groups in total. The van der Waals surface area contributed by atoms with Crippen molar-refractivity contribution in [1.29, 1.82) is 0 Å². The number of methoxy groups -OCH3 is 1. The van der Waals surface area contributed by atoms with E-state index in [1.807, 2.05) is 12.1 Å². The summed E-state index contributed by atoms with van der Waals surface area (Å²) in [5.41, 5.74) is 1.96. The van der Waals surface area contributed by atoms with Gasteiger partial charge in [0.15, 0.2) is 10.9 Å². The number of ether oxygens (including phenoxy) is 1. The van der Waals surface area contributed by atoms with E-state index < -0.39 is 5.91 Å². The van der Waals surface area contributed by atoms with Crippen molar-refractivity contribution in [3.63, 3.8) is 0 Å². The highest BCUT2D eigenvalue weighted by Gasteiger charge is 2.16.